The molecule has 0 saturated carbocycles. The highest BCUT2D eigenvalue weighted by Crippen LogP contribution is 2.43. The number of hydrogen-bond acceptors (Lipinski definition) is 10. The van der Waals surface area contributed by atoms with Crippen LogP contribution in [0.4, 0.5) is 18.2 Å². The molecule has 4 aromatic rings. The maximum absolute atomic E-state index is 13.5. The third kappa shape index (κ3) is 8.32. The molecule has 1 atom stereocenters. The lowest BCUT2D eigenvalue weighted by Crippen LogP contribution is -2.54. The first-order valence-corrected chi connectivity index (χ1v) is 14.8. The van der Waals surface area contributed by atoms with Gasteiger partial charge in [-0.05, 0) is 62.6 Å². The van der Waals surface area contributed by atoms with Crippen LogP contribution in [0, 0.1) is 13.8 Å². The molecule has 1 aliphatic heterocycles. The molecule has 1 saturated heterocycles. The molecule has 5 rings (SSSR count). The summed E-state index contributed by atoms with van der Waals surface area (Å²) in [7, 11) is 1.68. The van der Waals surface area contributed by atoms with Crippen molar-refractivity contribution < 1.29 is 37.5 Å². The zero-order valence-electron chi connectivity index (χ0n) is 25.4. The first-order valence-electron chi connectivity index (χ1n) is 14.0. The molecule has 2 aromatic carbocycles. The lowest BCUT2D eigenvalue weighted by molar-refractivity contribution is -0.137. The minimum absolute atomic E-state index is 0.0763. The minimum Gasteiger partial charge on any atom is -0.497 e. The molecule has 1 aliphatic rings. The van der Waals surface area contributed by atoms with Crippen molar-refractivity contribution in [3.05, 3.63) is 65.2 Å². The molecule has 2 N–H and O–H groups in total. The monoisotopic (exact) mass is 646 g/mol. The summed E-state index contributed by atoms with van der Waals surface area (Å²) in [6.45, 7) is 6.69. The molecule has 16 heteroatoms. The first-order chi connectivity index (χ1) is 21.3. The Morgan fingerprint density at radius 2 is 1.60 bits per heavy atom. The zero-order valence-corrected chi connectivity index (χ0v) is 26.3. The highest BCUT2D eigenvalue weighted by molar-refractivity contribution is 7.16. The fourth-order valence-corrected chi connectivity index (χ4v) is 5.79. The van der Waals surface area contributed by atoms with Crippen LogP contribution in [0.2, 0.25) is 0 Å². The second-order valence-electron chi connectivity index (χ2n) is 10.3. The maximum atomic E-state index is 13.5. The average Bonchev–Trinajstić information content (AvgIpc) is 3.60. The van der Waals surface area contributed by atoms with Gasteiger partial charge < -0.3 is 29.3 Å². The number of amides is 1. The summed E-state index contributed by atoms with van der Waals surface area (Å²) in [5, 5.41) is 21.2. The van der Waals surface area contributed by atoms with Gasteiger partial charge in [-0.25, -0.2) is 14.6 Å². The van der Waals surface area contributed by atoms with Gasteiger partial charge in [-0.1, -0.05) is 23.5 Å². The molecule has 0 aliphatic carbocycles. The van der Waals surface area contributed by atoms with E-state index in [1.807, 2.05) is 11.8 Å². The van der Waals surface area contributed by atoms with Crippen molar-refractivity contribution in [1.29, 1.82) is 0 Å². The quantitative estimate of drug-likeness (QED) is 0.292. The number of aromatic nitrogens is 4. The number of rotatable bonds is 7. The van der Waals surface area contributed by atoms with Gasteiger partial charge in [0, 0.05) is 31.2 Å². The molecule has 0 unspecified atom stereocenters. The van der Waals surface area contributed by atoms with Crippen molar-refractivity contribution in [3.8, 4) is 22.8 Å². The number of benzene rings is 2. The maximum Gasteiger partial charge on any atom is 0.488 e. The van der Waals surface area contributed by atoms with Crippen molar-refractivity contribution in [3.63, 3.8) is 0 Å². The van der Waals surface area contributed by atoms with Crippen LogP contribution in [-0.4, -0.2) is 87.6 Å². The molecule has 1 amide bonds. The van der Waals surface area contributed by atoms with Crippen LogP contribution in [0.3, 0.4) is 0 Å². The van der Waals surface area contributed by atoms with Gasteiger partial charge >= 0.3 is 13.3 Å². The van der Waals surface area contributed by atoms with Gasteiger partial charge in [0.25, 0.3) is 0 Å². The number of piperazine rings is 1. The number of carbonyl (C=O) groups is 1. The van der Waals surface area contributed by atoms with Gasteiger partial charge in [-0.3, -0.25) is 4.79 Å². The number of ether oxygens (including phenoxy) is 2. The van der Waals surface area contributed by atoms with E-state index < -0.39 is 18.3 Å². The Morgan fingerprint density at radius 1 is 1.00 bits per heavy atom. The molecule has 240 valence electrons. The van der Waals surface area contributed by atoms with Gasteiger partial charge in [-0.2, -0.15) is 18.3 Å². The van der Waals surface area contributed by atoms with Crippen molar-refractivity contribution in [2.24, 2.45) is 0 Å². The summed E-state index contributed by atoms with van der Waals surface area (Å²) in [4.78, 5) is 24.7. The fraction of sp³-hybridized carbons (Fsp3) is 0.379. The average molecular weight is 647 g/mol. The molecule has 0 spiro atoms. The summed E-state index contributed by atoms with van der Waals surface area (Å²) >= 11 is 0.629. The van der Waals surface area contributed by atoms with Crippen LogP contribution in [0.15, 0.2) is 48.5 Å². The SMILES string of the molecule is COc1ccc(-c2nc(C(F)(F)F)sc2N2CCN(C(=O)Cn3nc(C)nc3C)[C@H](C)C2)cc1.COc1ccc(B(O)O)cc1. The molecule has 0 radical (unpaired) electrons. The number of anilines is 1. The molecule has 3 heterocycles. The topological polar surface area (TPSA) is 126 Å². The van der Waals surface area contributed by atoms with Crippen LogP contribution < -0.4 is 19.8 Å². The van der Waals surface area contributed by atoms with Crippen molar-refractivity contribution in [2.45, 2.75) is 39.5 Å². The number of carbonyl (C=O) groups excluding carboxylic acids is 1. The van der Waals surface area contributed by atoms with E-state index in [1.165, 1.54) is 7.11 Å². The molecule has 2 aromatic heterocycles. The molecular formula is C29H34BF3N6O5S. The van der Waals surface area contributed by atoms with Crippen LogP contribution in [0.25, 0.3) is 11.3 Å². The summed E-state index contributed by atoms with van der Waals surface area (Å²) < 4.78 is 52.1. The Balaban J connectivity index is 0.000000354. The number of hydrogen-bond donors (Lipinski definition) is 2. The van der Waals surface area contributed by atoms with E-state index in [1.54, 1.807) is 79.1 Å². The predicted molar refractivity (Wildman–Crippen MR) is 165 cm³/mol. The Bertz CT molecular complexity index is 1580. The van der Waals surface area contributed by atoms with Crippen LogP contribution in [0.1, 0.15) is 23.6 Å². The summed E-state index contributed by atoms with van der Waals surface area (Å²) in [6, 6.07) is 13.1. The van der Waals surface area contributed by atoms with Gasteiger partial charge in [-0.15, -0.1) is 0 Å². The third-order valence-electron chi connectivity index (χ3n) is 7.11. The second kappa shape index (κ2) is 14.3. The van der Waals surface area contributed by atoms with Gasteiger partial charge in [0.05, 0.1) is 14.2 Å². The van der Waals surface area contributed by atoms with Crippen molar-refractivity contribution >= 4 is 34.8 Å². The molecular weight excluding hydrogens is 612 g/mol. The van der Waals surface area contributed by atoms with Crippen molar-refractivity contribution in [2.75, 3.05) is 38.8 Å². The van der Waals surface area contributed by atoms with E-state index in [2.05, 4.69) is 15.1 Å². The first kappa shape index (κ1) is 33.7. The van der Waals surface area contributed by atoms with E-state index in [9.17, 15) is 18.0 Å². The molecule has 0 bridgehead atoms. The fourth-order valence-electron chi connectivity index (χ4n) is 4.80. The number of methoxy groups -OCH3 is 2. The van der Waals surface area contributed by atoms with Gasteiger partial charge in [0.2, 0.25) is 10.9 Å². The van der Waals surface area contributed by atoms with E-state index in [0.717, 1.165) is 0 Å². The minimum atomic E-state index is -4.54. The van der Waals surface area contributed by atoms with E-state index >= 15 is 0 Å². The summed E-state index contributed by atoms with van der Waals surface area (Å²) in [5.41, 5.74) is 1.32. The summed E-state index contributed by atoms with van der Waals surface area (Å²) in [6.07, 6.45) is -4.54. The number of alkyl halides is 3. The largest absolute Gasteiger partial charge is 0.497 e. The number of aryl methyl sites for hydroxylation is 2. The number of halogens is 3. The predicted octanol–water partition coefficient (Wildman–Crippen LogP) is 3.16. The lowest BCUT2D eigenvalue weighted by atomic mass is 9.80. The molecule has 11 nitrogen and oxygen atoms in total. The van der Waals surface area contributed by atoms with E-state index in [0.29, 0.717) is 70.1 Å². The van der Waals surface area contributed by atoms with E-state index in [-0.39, 0.29) is 24.2 Å². The van der Waals surface area contributed by atoms with Crippen LogP contribution in [-0.2, 0) is 17.5 Å². The highest BCUT2D eigenvalue weighted by Gasteiger charge is 2.38. The van der Waals surface area contributed by atoms with Crippen molar-refractivity contribution in [1.82, 2.24) is 24.6 Å². The Labute approximate surface area is 263 Å². The number of thiazole rings is 1. The van der Waals surface area contributed by atoms with Gasteiger partial charge in [0.15, 0.2) is 0 Å². The second-order valence-corrected chi connectivity index (χ2v) is 11.3. The smallest absolute Gasteiger partial charge is 0.488 e. The third-order valence-corrected chi connectivity index (χ3v) is 8.27. The van der Waals surface area contributed by atoms with E-state index in [4.69, 9.17) is 19.5 Å². The highest BCUT2D eigenvalue weighted by atomic mass is 32.1. The van der Waals surface area contributed by atoms with Crippen LogP contribution >= 0.6 is 11.3 Å². The van der Waals surface area contributed by atoms with Crippen LogP contribution in [0.5, 0.6) is 11.5 Å². The lowest BCUT2D eigenvalue weighted by Gasteiger charge is -2.40. The molecule has 45 heavy (non-hydrogen) atoms. The molecule has 1 fully saturated rings. The normalized spacial score (nSPS) is 14.9. The Morgan fingerprint density at radius 3 is 2.09 bits per heavy atom. The Kier molecular flexibility index (Phi) is 10.7. The number of nitrogens with zero attached hydrogens (tertiary/aromatic N) is 6. The van der Waals surface area contributed by atoms with Gasteiger partial charge in [0.1, 0.15) is 40.4 Å². The Hall–Kier alpha value is -4.15. The zero-order chi connectivity index (χ0) is 32.9. The summed E-state index contributed by atoms with van der Waals surface area (Å²) in [5.74, 6) is 2.46. The standard InChI is InChI=1S/C22H25F3N6O2S.C7H9BO3/c1-13-11-29(9-10-30(13)18(32)12-31-15(3)26-14(2)28-31)20-19(27-21(34-20)22(23,24)25)16-5-7-17(33-4)8-6-16;1-11-7-4-2-6(3-5-7)8(9)10/h5-8,13H,9-12H2,1-4H3;2-5,9-10H,1H3/t13-;/m1./s1.